The lowest BCUT2D eigenvalue weighted by Gasteiger charge is -2.22. The molecule has 0 saturated carbocycles. The molecule has 2 rings (SSSR count). The Morgan fingerprint density at radius 2 is 2.05 bits per heavy atom. The summed E-state index contributed by atoms with van der Waals surface area (Å²) >= 11 is 1.87. The third kappa shape index (κ3) is 6.13. The number of hydrogen-bond donors (Lipinski definition) is 4. The quantitative estimate of drug-likeness (QED) is 0.672. The van der Waals surface area contributed by atoms with Crippen molar-refractivity contribution in [2.45, 2.75) is 12.5 Å². The minimum Gasteiger partial charge on any atom is -0.341 e. The molecule has 3 amide bonds. The molecule has 0 aliphatic carbocycles. The van der Waals surface area contributed by atoms with E-state index in [0.29, 0.717) is 17.8 Å². The molecule has 0 aromatic heterocycles. The van der Waals surface area contributed by atoms with Crippen molar-refractivity contribution in [3.05, 3.63) is 24.3 Å². The van der Waals surface area contributed by atoms with E-state index in [4.69, 9.17) is 0 Å². The largest absolute Gasteiger partial charge is 0.341 e. The maximum absolute atomic E-state index is 12.0. The minimum absolute atomic E-state index is 0. The standard InChI is InChI=1S/C14H20N4O2S.ClH/c1-15-14(20)18-11-4-2-3-10(7-11)17-13(19)8-12-9-21-6-5-16-12;/h2-4,7,12,16H,5-6,8-9H2,1H3,(H,17,19)(H2,15,18,20);1H. The molecule has 22 heavy (non-hydrogen) atoms. The van der Waals surface area contributed by atoms with E-state index in [1.165, 1.54) is 0 Å². The zero-order valence-corrected chi connectivity index (χ0v) is 14.0. The summed E-state index contributed by atoms with van der Waals surface area (Å²) in [7, 11) is 1.55. The average molecular weight is 345 g/mol. The molecule has 122 valence electrons. The minimum atomic E-state index is -0.290. The van der Waals surface area contributed by atoms with Crippen molar-refractivity contribution in [3.8, 4) is 0 Å². The molecule has 1 heterocycles. The molecule has 4 N–H and O–H groups in total. The highest BCUT2D eigenvalue weighted by molar-refractivity contribution is 7.99. The molecule has 1 unspecified atom stereocenters. The van der Waals surface area contributed by atoms with E-state index in [0.717, 1.165) is 18.1 Å². The number of thioether (sulfide) groups is 1. The Morgan fingerprint density at radius 1 is 1.32 bits per heavy atom. The van der Waals surface area contributed by atoms with Crippen LogP contribution in [0.5, 0.6) is 0 Å². The Hall–Kier alpha value is -1.44. The van der Waals surface area contributed by atoms with Crippen LogP contribution in [0.1, 0.15) is 6.42 Å². The van der Waals surface area contributed by atoms with Gasteiger partial charge in [-0.2, -0.15) is 11.8 Å². The summed E-state index contributed by atoms with van der Waals surface area (Å²) in [5.41, 5.74) is 1.32. The highest BCUT2D eigenvalue weighted by atomic mass is 35.5. The lowest BCUT2D eigenvalue weighted by atomic mass is 10.2. The van der Waals surface area contributed by atoms with E-state index in [2.05, 4.69) is 21.3 Å². The van der Waals surface area contributed by atoms with Gasteiger partial charge in [0.05, 0.1) is 0 Å². The predicted octanol–water partition coefficient (Wildman–Crippen LogP) is 1.89. The van der Waals surface area contributed by atoms with Crippen molar-refractivity contribution in [1.29, 1.82) is 0 Å². The van der Waals surface area contributed by atoms with Gasteiger partial charge in [-0.3, -0.25) is 4.79 Å². The fraction of sp³-hybridized carbons (Fsp3) is 0.429. The number of carbonyl (C=O) groups is 2. The highest BCUT2D eigenvalue weighted by Gasteiger charge is 2.16. The van der Waals surface area contributed by atoms with Crippen molar-refractivity contribution in [2.75, 3.05) is 35.7 Å². The van der Waals surface area contributed by atoms with Gasteiger partial charge in [0.2, 0.25) is 5.91 Å². The maximum atomic E-state index is 12.0. The maximum Gasteiger partial charge on any atom is 0.318 e. The molecule has 1 aromatic rings. The van der Waals surface area contributed by atoms with E-state index < -0.39 is 0 Å². The van der Waals surface area contributed by atoms with Crippen LogP contribution in [-0.4, -0.2) is 43.1 Å². The summed E-state index contributed by atoms with van der Waals surface area (Å²) in [5, 5.41) is 11.3. The molecule has 1 aliphatic rings. The summed E-state index contributed by atoms with van der Waals surface area (Å²) in [6.45, 7) is 0.953. The fourth-order valence-corrected chi connectivity index (χ4v) is 3.00. The first-order chi connectivity index (χ1) is 10.2. The average Bonchev–Trinajstić information content (AvgIpc) is 2.48. The molecular weight excluding hydrogens is 324 g/mol. The SMILES string of the molecule is CNC(=O)Nc1cccc(NC(=O)CC2CSCCN2)c1.Cl. The van der Waals surface area contributed by atoms with Gasteiger partial charge in [-0.15, -0.1) is 12.4 Å². The van der Waals surface area contributed by atoms with E-state index in [9.17, 15) is 9.59 Å². The number of urea groups is 1. The van der Waals surface area contributed by atoms with Crippen molar-refractivity contribution in [3.63, 3.8) is 0 Å². The molecule has 0 spiro atoms. The van der Waals surface area contributed by atoms with Crippen molar-refractivity contribution >= 4 is 47.5 Å². The van der Waals surface area contributed by atoms with Crippen LogP contribution in [0, 0.1) is 0 Å². The predicted molar refractivity (Wildman–Crippen MR) is 94.1 cm³/mol. The summed E-state index contributed by atoms with van der Waals surface area (Å²) in [5.74, 6) is 2.05. The van der Waals surface area contributed by atoms with Gasteiger partial charge in [-0.05, 0) is 18.2 Å². The van der Waals surface area contributed by atoms with Gasteiger partial charge in [-0.1, -0.05) is 6.07 Å². The van der Waals surface area contributed by atoms with Gasteiger partial charge < -0.3 is 21.3 Å². The van der Waals surface area contributed by atoms with Gasteiger partial charge >= 0.3 is 6.03 Å². The second kappa shape index (κ2) is 9.55. The van der Waals surface area contributed by atoms with Crippen molar-refractivity contribution in [2.24, 2.45) is 0 Å². The topological polar surface area (TPSA) is 82.3 Å². The number of halogens is 1. The van der Waals surface area contributed by atoms with Crippen LogP contribution in [-0.2, 0) is 4.79 Å². The van der Waals surface area contributed by atoms with Gasteiger partial charge in [0.1, 0.15) is 0 Å². The molecule has 1 aliphatic heterocycles. The molecule has 1 fully saturated rings. The van der Waals surface area contributed by atoms with Gasteiger partial charge in [0, 0.05) is 48.9 Å². The Balaban J connectivity index is 0.00000242. The number of nitrogens with one attached hydrogen (secondary N) is 4. The zero-order chi connectivity index (χ0) is 15.1. The molecule has 1 saturated heterocycles. The van der Waals surface area contributed by atoms with Crippen molar-refractivity contribution < 1.29 is 9.59 Å². The first-order valence-corrected chi connectivity index (χ1v) is 8.02. The number of anilines is 2. The van der Waals surface area contributed by atoms with Gasteiger partial charge in [0.15, 0.2) is 0 Å². The van der Waals surface area contributed by atoms with Crippen LogP contribution in [0.3, 0.4) is 0 Å². The first kappa shape index (κ1) is 18.6. The van der Waals surface area contributed by atoms with Crippen LogP contribution in [0.25, 0.3) is 0 Å². The summed E-state index contributed by atoms with van der Waals surface area (Å²) in [6, 6.07) is 7.03. The Labute approximate surface area is 140 Å². The third-order valence-corrected chi connectivity index (χ3v) is 4.19. The summed E-state index contributed by atoms with van der Waals surface area (Å²) in [4.78, 5) is 23.3. The Morgan fingerprint density at radius 3 is 2.68 bits per heavy atom. The molecular formula is C14H21ClN4O2S. The van der Waals surface area contributed by atoms with Crippen LogP contribution < -0.4 is 21.3 Å². The second-order valence-corrected chi connectivity index (χ2v) is 5.91. The molecule has 1 atom stereocenters. The molecule has 6 nitrogen and oxygen atoms in total. The molecule has 1 aromatic carbocycles. The third-order valence-electron chi connectivity index (χ3n) is 3.06. The smallest absolute Gasteiger partial charge is 0.318 e. The number of amides is 3. The lowest BCUT2D eigenvalue weighted by Crippen LogP contribution is -2.39. The molecule has 0 radical (unpaired) electrons. The van der Waals surface area contributed by atoms with Crippen LogP contribution in [0.15, 0.2) is 24.3 Å². The lowest BCUT2D eigenvalue weighted by molar-refractivity contribution is -0.116. The second-order valence-electron chi connectivity index (χ2n) is 4.76. The Kier molecular flexibility index (Phi) is 8.08. The first-order valence-electron chi connectivity index (χ1n) is 6.87. The molecule has 0 bridgehead atoms. The monoisotopic (exact) mass is 344 g/mol. The van der Waals surface area contributed by atoms with Gasteiger partial charge in [-0.25, -0.2) is 4.79 Å². The van der Waals surface area contributed by atoms with E-state index >= 15 is 0 Å². The molecule has 8 heteroatoms. The fourth-order valence-electron chi connectivity index (χ4n) is 2.05. The van der Waals surface area contributed by atoms with Crippen LogP contribution >= 0.6 is 24.2 Å². The summed E-state index contributed by atoms with van der Waals surface area (Å²) < 4.78 is 0. The van der Waals surface area contributed by atoms with Crippen molar-refractivity contribution in [1.82, 2.24) is 10.6 Å². The number of rotatable bonds is 4. The number of hydrogen-bond acceptors (Lipinski definition) is 4. The zero-order valence-electron chi connectivity index (χ0n) is 12.3. The van der Waals surface area contributed by atoms with Gasteiger partial charge in [0.25, 0.3) is 0 Å². The summed E-state index contributed by atoms with van der Waals surface area (Å²) in [6.07, 6.45) is 0.458. The van der Waals surface area contributed by atoms with Crippen LogP contribution in [0.2, 0.25) is 0 Å². The van der Waals surface area contributed by atoms with E-state index in [1.54, 1.807) is 31.3 Å². The highest BCUT2D eigenvalue weighted by Crippen LogP contribution is 2.16. The normalized spacial score (nSPS) is 17.0. The van der Waals surface area contributed by atoms with Crippen LogP contribution in [0.4, 0.5) is 16.2 Å². The van der Waals surface area contributed by atoms with E-state index in [1.807, 2.05) is 11.8 Å². The van der Waals surface area contributed by atoms with E-state index in [-0.39, 0.29) is 30.4 Å². The number of carbonyl (C=O) groups excluding carboxylic acids is 2. The number of benzene rings is 1. The Bertz CT molecular complexity index is 509.